The number of aliphatic imine (C=N–C) groups is 1. The molecular formula is C21H29F2N5O4. The first-order valence-electron chi connectivity index (χ1n) is 10.4. The Morgan fingerprint density at radius 1 is 1.31 bits per heavy atom. The number of halogens is 2. The molecule has 32 heavy (non-hydrogen) atoms. The van der Waals surface area contributed by atoms with Gasteiger partial charge >= 0.3 is 12.1 Å². The Morgan fingerprint density at radius 2 is 2.00 bits per heavy atom. The zero-order valence-corrected chi connectivity index (χ0v) is 19.0. The molecule has 0 N–H and O–H groups in total. The Bertz CT molecular complexity index is 939. The molecule has 176 valence electrons. The normalized spacial score (nSPS) is 25.8. The summed E-state index contributed by atoms with van der Waals surface area (Å²) >= 11 is 0. The van der Waals surface area contributed by atoms with E-state index in [1.54, 1.807) is 25.7 Å². The Hall–Kier alpha value is -2.85. The molecule has 3 atom stereocenters. The van der Waals surface area contributed by atoms with Crippen LogP contribution < -0.4 is 0 Å². The maximum atomic E-state index is 13.2. The monoisotopic (exact) mass is 453 g/mol. The molecule has 2 saturated heterocycles. The number of rotatable bonds is 5. The summed E-state index contributed by atoms with van der Waals surface area (Å²) in [6.07, 6.45) is -0.0341. The van der Waals surface area contributed by atoms with Crippen LogP contribution in [0, 0.1) is 5.41 Å². The van der Waals surface area contributed by atoms with Crippen molar-refractivity contribution in [2.45, 2.75) is 77.5 Å². The van der Waals surface area contributed by atoms with Crippen molar-refractivity contribution in [1.82, 2.24) is 19.7 Å². The number of carbonyl (C=O) groups excluding carboxylic acids is 2. The number of alkyl halides is 2. The van der Waals surface area contributed by atoms with E-state index in [1.165, 1.54) is 18.7 Å². The van der Waals surface area contributed by atoms with Gasteiger partial charge in [-0.3, -0.25) is 4.79 Å². The lowest BCUT2D eigenvalue weighted by molar-refractivity contribution is -0.155. The van der Waals surface area contributed by atoms with Crippen LogP contribution in [0.25, 0.3) is 5.70 Å². The summed E-state index contributed by atoms with van der Waals surface area (Å²) in [5.74, 6) is -0.711. The third-order valence-electron chi connectivity index (χ3n) is 5.99. The molecule has 2 bridgehead atoms. The van der Waals surface area contributed by atoms with Gasteiger partial charge < -0.3 is 14.4 Å². The van der Waals surface area contributed by atoms with Gasteiger partial charge in [0.1, 0.15) is 17.3 Å². The van der Waals surface area contributed by atoms with Crippen LogP contribution in [0.4, 0.5) is 19.5 Å². The summed E-state index contributed by atoms with van der Waals surface area (Å²) in [4.78, 5) is 35.7. The van der Waals surface area contributed by atoms with Gasteiger partial charge in [-0.25, -0.2) is 23.2 Å². The lowest BCUT2D eigenvalue weighted by Gasteiger charge is -2.47. The number of esters is 1. The predicted octanol–water partition coefficient (Wildman–Crippen LogP) is 3.83. The van der Waals surface area contributed by atoms with E-state index in [1.807, 2.05) is 0 Å². The van der Waals surface area contributed by atoms with Crippen molar-refractivity contribution in [2.24, 2.45) is 10.4 Å². The van der Waals surface area contributed by atoms with Crippen molar-refractivity contribution < 1.29 is 27.8 Å². The van der Waals surface area contributed by atoms with Gasteiger partial charge in [0.25, 0.3) is 12.4 Å². The smallest absolute Gasteiger partial charge is 0.410 e. The number of ether oxygens (including phenoxy) is 2. The molecule has 2 fully saturated rings. The number of piperidine rings is 1. The number of nitrogens with zero attached hydrogens (tertiary/aromatic N) is 5. The van der Waals surface area contributed by atoms with E-state index in [-0.39, 0.29) is 17.7 Å². The van der Waals surface area contributed by atoms with Crippen molar-refractivity contribution >= 4 is 29.4 Å². The standard InChI is InChI=1S/C21H29F2N5O4/c1-12(16(22)23)26-18-24-11-25-28(18)13(2)21(17(29)31-6)10-9-14-7-8-15(21)27(14)19(30)32-20(3,4)5/h11,14-16H,2,7-10H2,1,3-6H3/t14-,15+,21+/m1/s1. The molecule has 0 aromatic carbocycles. The maximum Gasteiger partial charge on any atom is 0.410 e. The number of amides is 1. The third kappa shape index (κ3) is 4.12. The SMILES string of the molecule is C=C(n1ncnc1N=C(C)C(F)F)[C@@]1(C(=O)OC)CC[C@H]2CC[C@@H]1N2C(=O)OC(C)(C)C. The van der Waals surface area contributed by atoms with Crippen LogP contribution in [-0.2, 0) is 14.3 Å². The number of carbonyl (C=O) groups is 2. The fourth-order valence-corrected chi connectivity index (χ4v) is 4.57. The molecule has 2 aliphatic heterocycles. The van der Waals surface area contributed by atoms with Gasteiger partial charge in [0, 0.05) is 6.04 Å². The molecule has 0 aliphatic carbocycles. The zero-order valence-electron chi connectivity index (χ0n) is 19.0. The number of hydrogen-bond donors (Lipinski definition) is 0. The molecule has 0 radical (unpaired) electrons. The molecule has 1 amide bonds. The number of aromatic nitrogens is 3. The minimum Gasteiger partial charge on any atom is -0.468 e. The Morgan fingerprint density at radius 3 is 2.59 bits per heavy atom. The van der Waals surface area contributed by atoms with E-state index < -0.39 is 41.3 Å². The largest absolute Gasteiger partial charge is 0.468 e. The predicted molar refractivity (Wildman–Crippen MR) is 113 cm³/mol. The first-order valence-corrected chi connectivity index (χ1v) is 10.4. The first kappa shape index (κ1) is 23.8. The number of methoxy groups -OCH3 is 1. The van der Waals surface area contributed by atoms with Crippen LogP contribution >= 0.6 is 0 Å². The van der Waals surface area contributed by atoms with E-state index in [4.69, 9.17) is 9.47 Å². The average Bonchev–Trinajstić information content (AvgIpc) is 3.29. The van der Waals surface area contributed by atoms with Gasteiger partial charge in [-0.1, -0.05) is 6.58 Å². The average molecular weight is 453 g/mol. The highest BCUT2D eigenvalue weighted by atomic mass is 19.3. The molecule has 0 spiro atoms. The lowest BCUT2D eigenvalue weighted by atomic mass is 9.71. The zero-order chi connectivity index (χ0) is 23.8. The van der Waals surface area contributed by atoms with Crippen LogP contribution in [0.3, 0.4) is 0 Å². The molecule has 1 aromatic heterocycles. The second-order valence-corrected chi connectivity index (χ2v) is 9.11. The Balaban J connectivity index is 2.06. The minimum atomic E-state index is -2.77. The lowest BCUT2D eigenvalue weighted by Crippen LogP contribution is -2.58. The van der Waals surface area contributed by atoms with Crippen LogP contribution in [0.5, 0.6) is 0 Å². The van der Waals surface area contributed by atoms with Crippen LogP contribution in [0.15, 0.2) is 17.9 Å². The molecule has 0 unspecified atom stereocenters. The summed E-state index contributed by atoms with van der Waals surface area (Å²) in [5, 5.41) is 4.09. The third-order valence-corrected chi connectivity index (χ3v) is 5.99. The molecule has 3 heterocycles. The molecule has 3 rings (SSSR count). The summed E-state index contributed by atoms with van der Waals surface area (Å²) < 4.78 is 38.0. The second kappa shape index (κ2) is 8.59. The molecule has 11 heteroatoms. The summed E-state index contributed by atoms with van der Waals surface area (Å²) in [7, 11) is 1.26. The van der Waals surface area contributed by atoms with Crippen LogP contribution in [0.2, 0.25) is 0 Å². The summed E-state index contributed by atoms with van der Waals surface area (Å²) in [6, 6.07) is -0.664. The highest BCUT2D eigenvalue weighted by Gasteiger charge is 2.61. The van der Waals surface area contributed by atoms with Crippen molar-refractivity contribution in [2.75, 3.05) is 7.11 Å². The quantitative estimate of drug-likeness (QED) is 0.496. The van der Waals surface area contributed by atoms with Gasteiger partial charge in [0.2, 0.25) is 0 Å². The van der Waals surface area contributed by atoms with Crippen LogP contribution in [0.1, 0.15) is 53.4 Å². The molecule has 9 nitrogen and oxygen atoms in total. The summed E-state index contributed by atoms with van der Waals surface area (Å²) in [6.45, 7) is 10.6. The molecular weight excluding hydrogens is 424 g/mol. The Labute approximate surface area is 185 Å². The van der Waals surface area contributed by atoms with Crippen molar-refractivity contribution in [3.8, 4) is 0 Å². The van der Waals surface area contributed by atoms with Gasteiger partial charge in [-0.15, -0.1) is 0 Å². The highest BCUT2D eigenvalue weighted by molar-refractivity contribution is 5.91. The van der Waals surface area contributed by atoms with Gasteiger partial charge in [-0.2, -0.15) is 10.1 Å². The molecule has 2 aliphatic rings. The van der Waals surface area contributed by atoms with Crippen molar-refractivity contribution in [1.29, 1.82) is 0 Å². The highest BCUT2D eigenvalue weighted by Crippen LogP contribution is 2.53. The topological polar surface area (TPSA) is 98.9 Å². The van der Waals surface area contributed by atoms with E-state index in [9.17, 15) is 18.4 Å². The van der Waals surface area contributed by atoms with Crippen molar-refractivity contribution in [3.63, 3.8) is 0 Å². The second-order valence-electron chi connectivity index (χ2n) is 9.11. The maximum absolute atomic E-state index is 13.2. The number of fused-ring (bicyclic) bond motifs is 2. The van der Waals surface area contributed by atoms with Gasteiger partial charge in [0.05, 0.1) is 24.6 Å². The van der Waals surface area contributed by atoms with Gasteiger partial charge in [-0.05, 0) is 53.4 Å². The van der Waals surface area contributed by atoms with Gasteiger partial charge in [0.15, 0.2) is 0 Å². The van der Waals surface area contributed by atoms with E-state index in [0.29, 0.717) is 25.7 Å². The molecule has 0 saturated carbocycles. The van der Waals surface area contributed by atoms with E-state index >= 15 is 0 Å². The van der Waals surface area contributed by atoms with E-state index in [2.05, 4.69) is 21.7 Å². The summed E-state index contributed by atoms with van der Waals surface area (Å²) in [5.41, 5.74) is -2.34. The molecule has 1 aromatic rings. The minimum absolute atomic E-state index is 0.0743. The van der Waals surface area contributed by atoms with Crippen LogP contribution in [-0.4, -0.2) is 68.7 Å². The fourth-order valence-electron chi connectivity index (χ4n) is 4.57. The fraction of sp³-hybridized carbons (Fsp3) is 0.667. The number of hydrogen-bond acceptors (Lipinski definition) is 7. The first-order chi connectivity index (χ1) is 14.9. The van der Waals surface area contributed by atoms with Crippen molar-refractivity contribution in [3.05, 3.63) is 12.9 Å². The van der Waals surface area contributed by atoms with E-state index in [0.717, 1.165) is 6.33 Å². The Kier molecular flexibility index (Phi) is 6.39.